The highest BCUT2D eigenvalue weighted by molar-refractivity contribution is 7.00. The number of carbonyl (C=O) groups is 1. The highest BCUT2D eigenvalue weighted by Gasteiger charge is 2.21. The predicted octanol–water partition coefficient (Wildman–Crippen LogP) is 2.87. The standard InChI is InChI=1S/C11H12ClN3O2S/c1-5(11(16)17)6(2)13-9-7(12)3-4-8-10(9)15-18-14-8/h3-6,13H,1-2H3,(H,16,17). The summed E-state index contributed by atoms with van der Waals surface area (Å²) in [6, 6.07) is 3.26. The number of carboxylic acid groups (broad SMARTS) is 1. The van der Waals surface area contributed by atoms with Gasteiger partial charge in [0.05, 0.1) is 28.4 Å². The maximum atomic E-state index is 10.9. The van der Waals surface area contributed by atoms with Gasteiger partial charge in [0.25, 0.3) is 0 Å². The maximum absolute atomic E-state index is 10.9. The Morgan fingerprint density at radius 3 is 2.83 bits per heavy atom. The Morgan fingerprint density at radius 1 is 1.44 bits per heavy atom. The first-order chi connectivity index (χ1) is 8.50. The lowest BCUT2D eigenvalue weighted by Gasteiger charge is -2.19. The molecule has 0 aliphatic carbocycles. The molecule has 1 aromatic heterocycles. The molecule has 7 heteroatoms. The van der Waals surface area contributed by atoms with Crippen LogP contribution in [0.2, 0.25) is 5.02 Å². The molecule has 1 heterocycles. The quantitative estimate of drug-likeness (QED) is 0.903. The van der Waals surface area contributed by atoms with E-state index in [2.05, 4.69) is 14.1 Å². The van der Waals surface area contributed by atoms with Gasteiger partial charge in [0.1, 0.15) is 11.0 Å². The van der Waals surface area contributed by atoms with E-state index in [0.717, 1.165) is 17.2 Å². The molecule has 2 aromatic rings. The molecule has 0 bridgehead atoms. The minimum Gasteiger partial charge on any atom is -0.481 e. The topological polar surface area (TPSA) is 75.1 Å². The molecule has 2 unspecified atom stereocenters. The number of fused-ring (bicyclic) bond motifs is 1. The molecular formula is C11H12ClN3O2S. The lowest BCUT2D eigenvalue weighted by molar-refractivity contribution is -0.141. The number of aliphatic carboxylic acids is 1. The van der Waals surface area contributed by atoms with Crippen molar-refractivity contribution < 1.29 is 9.90 Å². The molecule has 0 aliphatic rings. The average molecular weight is 286 g/mol. The second-order valence-electron chi connectivity index (χ2n) is 4.11. The molecule has 0 aliphatic heterocycles. The molecule has 18 heavy (non-hydrogen) atoms. The van der Waals surface area contributed by atoms with Gasteiger partial charge < -0.3 is 10.4 Å². The lowest BCUT2D eigenvalue weighted by Crippen LogP contribution is -2.29. The van der Waals surface area contributed by atoms with Gasteiger partial charge in [-0.1, -0.05) is 11.6 Å². The third kappa shape index (κ3) is 2.39. The van der Waals surface area contributed by atoms with Gasteiger partial charge >= 0.3 is 5.97 Å². The molecule has 1 aromatic carbocycles. The van der Waals surface area contributed by atoms with Crippen molar-refractivity contribution in [1.29, 1.82) is 0 Å². The second-order valence-corrected chi connectivity index (χ2v) is 5.05. The number of carboxylic acids is 1. The lowest BCUT2D eigenvalue weighted by atomic mass is 10.0. The number of benzene rings is 1. The molecule has 2 rings (SSSR count). The fraction of sp³-hybridized carbons (Fsp3) is 0.364. The van der Waals surface area contributed by atoms with Crippen LogP contribution >= 0.6 is 23.3 Å². The Morgan fingerprint density at radius 2 is 2.17 bits per heavy atom. The molecule has 0 saturated carbocycles. The predicted molar refractivity (Wildman–Crippen MR) is 72.3 cm³/mol. The van der Waals surface area contributed by atoms with Gasteiger partial charge in [-0.25, -0.2) is 0 Å². The van der Waals surface area contributed by atoms with Crippen LogP contribution in [0.4, 0.5) is 5.69 Å². The van der Waals surface area contributed by atoms with E-state index < -0.39 is 11.9 Å². The summed E-state index contributed by atoms with van der Waals surface area (Å²) < 4.78 is 8.30. The van der Waals surface area contributed by atoms with E-state index in [-0.39, 0.29) is 6.04 Å². The zero-order valence-corrected chi connectivity index (χ0v) is 11.4. The summed E-state index contributed by atoms with van der Waals surface area (Å²) in [6.45, 7) is 3.45. The van der Waals surface area contributed by atoms with E-state index in [0.29, 0.717) is 16.2 Å². The first-order valence-corrected chi connectivity index (χ1v) is 6.51. The van der Waals surface area contributed by atoms with Crippen molar-refractivity contribution in [2.24, 2.45) is 5.92 Å². The van der Waals surface area contributed by atoms with E-state index >= 15 is 0 Å². The first-order valence-electron chi connectivity index (χ1n) is 5.41. The van der Waals surface area contributed by atoms with Crippen LogP contribution in [0.1, 0.15) is 13.8 Å². The van der Waals surface area contributed by atoms with Gasteiger partial charge in [0.2, 0.25) is 0 Å². The van der Waals surface area contributed by atoms with E-state index in [4.69, 9.17) is 16.7 Å². The Balaban J connectivity index is 2.33. The Kier molecular flexibility index (Phi) is 3.68. The minimum atomic E-state index is -0.852. The zero-order valence-electron chi connectivity index (χ0n) is 9.85. The summed E-state index contributed by atoms with van der Waals surface area (Å²) >= 11 is 7.22. The van der Waals surface area contributed by atoms with Crippen LogP contribution in [0.25, 0.3) is 11.0 Å². The summed E-state index contributed by atoms with van der Waals surface area (Å²) in [7, 11) is 0. The number of hydrogen-bond acceptors (Lipinski definition) is 5. The van der Waals surface area contributed by atoms with Crippen LogP contribution in [0.5, 0.6) is 0 Å². The van der Waals surface area contributed by atoms with Crippen LogP contribution in [-0.2, 0) is 4.79 Å². The van der Waals surface area contributed by atoms with Crippen molar-refractivity contribution >= 4 is 46.0 Å². The largest absolute Gasteiger partial charge is 0.481 e. The molecule has 96 valence electrons. The Hall–Kier alpha value is -1.40. The fourth-order valence-corrected chi connectivity index (χ4v) is 2.28. The van der Waals surface area contributed by atoms with E-state index in [1.165, 1.54) is 0 Å². The van der Waals surface area contributed by atoms with Crippen LogP contribution in [0, 0.1) is 5.92 Å². The SMILES string of the molecule is CC(Nc1c(Cl)ccc2nsnc12)C(C)C(=O)O. The fourth-order valence-electron chi connectivity index (χ4n) is 1.53. The van der Waals surface area contributed by atoms with Crippen molar-refractivity contribution in [1.82, 2.24) is 8.75 Å². The average Bonchev–Trinajstić information content (AvgIpc) is 2.79. The van der Waals surface area contributed by atoms with Gasteiger partial charge in [-0.3, -0.25) is 4.79 Å². The highest BCUT2D eigenvalue weighted by Crippen LogP contribution is 2.31. The van der Waals surface area contributed by atoms with Crippen molar-refractivity contribution in [2.45, 2.75) is 19.9 Å². The minimum absolute atomic E-state index is 0.257. The number of nitrogens with zero attached hydrogens (tertiary/aromatic N) is 2. The molecule has 5 nitrogen and oxygen atoms in total. The van der Waals surface area contributed by atoms with Crippen molar-refractivity contribution in [3.63, 3.8) is 0 Å². The van der Waals surface area contributed by atoms with E-state index in [1.807, 2.05) is 0 Å². The summed E-state index contributed by atoms with van der Waals surface area (Å²) in [5.41, 5.74) is 2.07. The molecule has 0 fully saturated rings. The molecular weight excluding hydrogens is 274 g/mol. The summed E-state index contributed by atoms with van der Waals surface area (Å²) in [5, 5.41) is 12.6. The van der Waals surface area contributed by atoms with Crippen molar-refractivity contribution in [3.05, 3.63) is 17.2 Å². The zero-order chi connectivity index (χ0) is 13.3. The van der Waals surface area contributed by atoms with Crippen molar-refractivity contribution in [3.8, 4) is 0 Å². The van der Waals surface area contributed by atoms with Gasteiger partial charge in [0.15, 0.2) is 0 Å². The molecule has 2 atom stereocenters. The van der Waals surface area contributed by atoms with Gasteiger partial charge in [-0.2, -0.15) is 8.75 Å². The number of aromatic nitrogens is 2. The van der Waals surface area contributed by atoms with Crippen LogP contribution in [0.15, 0.2) is 12.1 Å². The number of hydrogen-bond donors (Lipinski definition) is 2. The van der Waals surface area contributed by atoms with Gasteiger partial charge in [0, 0.05) is 6.04 Å². The summed E-state index contributed by atoms with van der Waals surface area (Å²) in [4.78, 5) is 10.9. The number of anilines is 1. The third-order valence-electron chi connectivity index (χ3n) is 2.89. The molecule has 0 saturated heterocycles. The maximum Gasteiger partial charge on any atom is 0.308 e. The van der Waals surface area contributed by atoms with Crippen LogP contribution in [-0.4, -0.2) is 25.9 Å². The molecule has 0 amide bonds. The number of nitrogens with one attached hydrogen (secondary N) is 1. The highest BCUT2D eigenvalue weighted by atomic mass is 35.5. The third-order valence-corrected chi connectivity index (χ3v) is 3.75. The summed E-state index contributed by atoms with van der Waals surface area (Å²) in [5.74, 6) is -1.38. The number of halogens is 1. The number of rotatable bonds is 4. The first kappa shape index (κ1) is 13.0. The molecule has 2 N–H and O–H groups in total. The van der Waals surface area contributed by atoms with Crippen LogP contribution < -0.4 is 5.32 Å². The monoisotopic (exact) mass is 285 g/mol. The van der Waals surface area contributed by atoms with Crippen molar-refractivity contribution in [2.75, 3.05) is 5.32 Å². The van der Waals surface area contributed by atoms with E-state index in [1.54, 1.807) is 26.0 Å². The van der Waals surface area contributed by atoms with Gasteiger partial charge in [-0.05, 0) is 26.0 Å². The summed E-state index contributed by atoms with van der Waals surface area (Å²) in [6.07, 6.45) is 0. The Labute approximate surface area is 113 Å². The smallest absolute Gasteiger partial charge is 0.308 e. The van der Waals surface area contributed by atoms with Gasteiger partial charge in [-0.15, -0.1) is 0 Å². The Bertz CT molecular complexity index is 587. The normalized spacial score (nSPS) is 14.4. The molecule has 0 spiro atoms. The van der Waals surface area contributed by atoms with Crippen LogP contribution in [0.3, 0.4) is 0 Å². The second kappa shape index (κ2) is 5.07. The van der Waals surface area contributed by atoms with E-state index in [9.17, 15) is 4.79 Å². The molecule has 0 radical (unpaired) electrons.